The fourth-order valence-electron chi connectivity index (χ4n) is 3.17. The lowest BCUT2D eigenvalue weighted by Gasteiger charge is -2.17. The van der Waals surface area contributed by atoms with E-state index < -0.39 is 11.4 Å². The molecule has 1 aliphatic carbocycles. The Balaban J connectivity index is 1.98. The lowest BCUT2D eigenvalue weighted by atomic mass is 9.90. The van der Waals surface area contributed by atoms with Gasteiger partial charge < -0.3 is 14.6 Å². The smallest absolute Gasteiger partial charge is 0.314 e. The fraction of sp³-hybridized carbons (Fsp3) is 0.389. The molecule has 6 heteroatoms. The van der Waals surface area contributed by atoms with Gasteiger partial charge in [-0.15, -0.1) is 0 Å². The molecule has 0 amide bonds. The van der Waals surface area contributed by atoms with E-state index in [9.17, 15) is 9.90 Å². The van der Waals surface area contributed by atoms with E-state index in [1.165, 1.54) is 6.20 Å². The van der Waals surface area contributed by atoms with Crippen LogP contribution >= 0.6 is 0 Å². The van der Waals surface area contributed by atoms with E-state index >= 15 is 0 Å². The van der Waals surface area contributed by atoms with Gasteiger partial charge in [0.2, 0.25) is 5.88 Å². The summed E-state index contributed by atoms with van der Waals surface area (Å²) in [6.45, 7) is 4.32. The molecule has 0 radical (unpaired) electrons. The van der Waals surface area contributed by atoms with Gasteiger partial charge in [0.1, 0.15) is 11.2 Å². The monoisotopic (exact) mass is 328 g/mol. The predicted molar refractivity (Wildman–Crippen MR) is 87.6 cm³/mol. The van der Waals surface area contributed by atoms with Gasteiger partial charge in [-0.05, 0) is 26.3 Å². The van der Waals surface area contributed by atoms with Crippen LogP contribution in [0.4, 0.5) is 0 Å². The topological polar surface area (TPSA) is 81.5 Å². The zero-order valence-electron chi connectivity index (χ0n) is 13.9. The van der Waals surface area contributed by atoms with Crippen LogP contribution in [0.1, 0.15) is 36.1 Å². The Morgan fingerprint density at radius 2 is 2.17 bits per heavy atom. The summed E-state index contributed by atoms with van der Waals surface area (Å²) in [7, 11) is 1.55. The summed E-state index contributed by atoms with van der Waals surface area (Å²) in [4.78, 5) is 20.6. The quantitative estimate of drug-likeness (QED) is 0.878. The van der Waals surface area contributed by atoms with Crippen molar-refractivity contribution in [1.29, 1.82) is 0 Å². The fourth-order valence-corrected chi connectivity index (χ4v) is 3.17. The summed E-state index contributed by atoms with van der Waals surface area (Å²) >= 11 is 0. The summed E-state index contributed by atoms with van der Waals surface area (Å²) in [5.74, 6) is -0.0682. The number of carboxylic acids is 1. The maximum Gasteiger partial charge on any atom is 0.314 e. The summed E-state index contributed by atoms with van der Waals surface area (Å²) in [5.41, 5.74) is 1.33. The first kappa shape index (κ1) is 16.2. The van der Waals surface area contributed by atoms with Crippen LogP contribution in [0.5, 0.6) is 11.6 Å². The van der Waals surface area contributed by atoms with Gasteiger partial charge in [0.05, 0.1) is 31.8 Å². The number of rotatable bonds is 6. The highest BCUT2D eigenvalue weighted by Gasteiger charge is 2.64. The van der Waals surface area contributed by atoms with Crippen molar-refractivity contribution >= 4 is 5.97 Å². The number of nitrogens with zero attached hydrogens (tertiary/aromatic N) is 2. The SMILES string of the molecule is CCOc1cnc([C@@H]2C[C@]2(C(=O)O)c2cc(C)ccc2OC)cn1. The van der Waals surface area contributed by atoms with Crippen LogP contribution in [0.15, 0.2) is 30.6 Å². The van der Waals surface area contributed by atoms with Crippen LogP contribution in [0.2, 0.25) is 0 Å². The normalized spacial score (nSPS) is 22.0. The summed E-state index contributed by atoms with van der Waals surface area (Å²) in [5, 5.41) is 9.91. The number of aryl methyl sites for hydroxylation is 1. The van der Waals surface area contributed by atoms with Crippen LogP contribution in [0.3, 0.4) is 0 Å². The van der Waals surface area contributed by atoms with Gasteiger partial charge in [-0.25, -0.2) is 4.98 Å². The van der Waals surface area contributed by atoms with Crippen molar-refractivity contribution in [2.24, 2.45) is 0 Å². The van der Waals surface area contributed by atoms with Crippen molar-refractivity contribution in [2.45, 2.75) is 31.6 Å². The first-order valence-electron chi connectivity index (χ1n) is 7.86. The van der Waals surface area contributed by atoms with Gasteiger partial charge in [0, 0.05) is 11.5 Å². The van der Waals surface area contributed by atoms with E-state index in [1.54, 1.807) is 13.3 Å². The van der Waals surface area contributed by atoms with E-state index in [1.807, 2.05) is 32.0 Å². The molecular formula is C18H20N2O4. The van der Waals surface area contributed by atoms with Gasteiger partial charge in [0.15, 0.2) is 0 Å². The molecule has 1 saturated carbocycles. The summed E-state index contributed by atoms with van der Waals surface area (Å²) in [6, 6.07) is 5.61. The third-order valence-corrected chi connectivity index (χ3v) is 4.48. The molecule has 6 nitrogen and oxygen atoms in total. The molecule has 0 unspecified atom stereocenters. The molecule has 24 heavy (non-hydrogen) atoms. The second-order valence-corrected chi connectivity index (χ2v) is 5.95. The average Bonchev–Trinajstić information content (AvgIpc) is 3.33. The van der Waals surface area contributed by atoms with E-state index in [0.29, 0.717) is 35.9 Å². The van der Waals surface area contributed by atoms with Crippen molar-refractivity contribution in [3.8, 4) is 11.6 Å². The molecule has 0 bridgehead atoms. The third-order valence-electron chi connectivity index (χ3n) is 4.48. The average molecular weight is 328 g/mol. The molecule has 1 aromatic carbocycles. The number of benzene rings is 1. The Labute approximate surface area is 140 Å². The lowest BCUT2D eigenvalue weighted by molar-refractivity contribution is -0.140. The Bertz CT molecular complexity index is 760. The Morgan fingerprint density at radius 3 is 2.75 bits per heavy atom. The first-order valence-corrected chi connectivity index (χ1v) is 7.86. The van der Waals surface area contributed by atoms with E-state index in [2.05, 4.69) is 9.97 Å². The molecule has 1 N–H and O–H groups in total. The number of hydrogen-bond acceptors (Lipinski definition) is 5. The molecule has 0 saturated heterocycles. The molecule has 1 fully saturated rings. The van der Waals surface area contributed by atoms with Gasteiger partial charge in [-0.2, -0.15) is 0 Å². The Morgan fingerprint density at radius 1 is 1.38 bits per heavy atom. The zero-order valence-corrected chi connectivity index (χ0v) is 13.9. The minimum atomic E-state index is -1.01. The number of carboxylic acid groups (broad SMARTS) is 1. The minimum absolute atomic E-state index is 0.228. The number of aromatic nitrogens is 2. The Hall–Kier alpha value is -2.63. The number of aliphatic carboxylic acids is 1. The van der Waals surface area contributed by atoms with Crippen LogP contribution in [0, 0.1) is 6.92 Å². The highest BCUT2D eigenvalue weighted by Crippen LogP contribution is 2.62. The minimum Gasteiger partial charge on any atom is -0.496 e. The molecule has 2 aromatic rings. The van der Waals surface area contributed by atoms with Crippen molar-refractivity contribution in [3.63, 3.8) is 0 Å². The molecule has 0 aliphatic heterocycles. The van der Waals surface area contributed by atoms with Crippen LogP contribution in [0.25, 0.3) is 0 Å². The molecule has 1 aliphatic rings. The molecule has 0 spiro atoms. The molecular weight excluding hydrogens is 308 g/mol. The van der Waals surface area contributed by atoms with Crippen LogP contribution in [-0.2, 0) is 10.2 Å². The van der Waals surface area contributed by atoms with Crippen LogP contribution in [-0.4, -0.2) is 34.8 Å². The van der Waals surface area contributed by atoms with Crippen LogP contribution < -0.4 is 9.47 Å². The number of ether oxygens (including phenoxy) is 2. The van der Waals surface area contributed by atoms with E-state index in [4.69, 9.17) is 9.47 Å². The van der Waals surface area contributed by atoms with Gasteiger partial charge >= 0.3 is 5.97 Å². The second-order valence-electron chi connectivity index (χ2n) is 5.95. The van der Waals surface area contributed by atoms with Gasteiger partial charge in [-0.3, -0.25) is 9.78 Å². The van der Waals surface area contributed by atoms with Crippen molar-refractivity contribution in [3.05, 3.63) is 47.4 Å². The molecule has 3 rings (SSSR count). The Kier molecular flexibility index (Phi) is 4.13. The summed E-state index contributed by atoms with van der Waals surface area (Å²) < 4.78 is 10.7. The molecule has 1 aromatic heterocycles. The number of hydrogen-bond donors (Lipinski definition) is 1. The first-order chi connectivity index (χ1) is 11.5. The highest BCUT2D eigenvalue weighted by molar-refractivity contribution is 5.88. The lowest BCUT2D eigenvalue weighted by Crippen LogP contribution is -2.23. The molecule has 126 valence electrons. The molecule has 2 atom stereocenters. The van der Waals surface area contributed by atoms with E-state index in [0.717, 1.165) is 5.56 Å². The highest BCUT2D eigenvalue weighted by atomic mass is 16.5. The van der Waals surface area contributed by atoms with Crippen molar-refractivity contribution in [2.75, 3.05) is 13.7 Å². The number of carbonyl (C=O) groups is 1. The van der Waals surface area contributed by atoms with Gasteiger partial charge in [0.25, 0.3) is 0 Å². The second kappa shape index (κ2) is 6.11. The van der Waals surface area contributed by atoms with Crippen molar-refractivity contribution in [1.82, 2.24) is 9.97 Å². The predicted octanol–water partition coefficient (Wildman–Crippen LogP) is 2.70. The third kappa shape index (κ3) is 2.58. The molecule has 1 heterocycles. The van der Waals surface area contributed by atoms with E-state index in [-0.39, 0.29) is 5.92 Å². The van der Waals surface area contributed by atoms with Gasteiger partial charge in [-0.1, -0.05) is 17.7 Å². The maximum absolute atomic E-state index is 12.1. The maximum atomic E-state index is 12.1. The summed E-state index contributed by atoms with van der Waals surface area (Å²) in [6.07, 6.45) is 3.62. The van der Waals surface area contributed by atoms with Crippen molar-refractivity contribution < 1.29 is 19.4 Å². The standard InChI is InChI=1S/C18H20N2O4/c1-4-24-16-10-19-14(9-20-16)13-8-18(13,17(21)22)12-7-11(2)5-6-15(12)23-3/h5-7,9-10,13H,4,8H2,1-3H3,(H,21,22)/t13-,18-/m0/s1. The number of methoxy groups -OCH3 is 1. The largest absolute Gasteiger partial charge is 0.496 e. The zero-order chi connectivity index (χ0) is 17.3.